The molecule has 1 amide bonds. The SMILES string of the molecule is CC(C)(C)C(NC(=O)CC[C@H](N)C(=O)O)C(=O)OCC(=O)O. The van der Waals surface area contributed by atoms with Crippen molar-refractivity contribution in [1.82, 2.24) is 5.32 Å². The molecule has 9 heteroatoms. The number of hydrogen-bond donors (Lipinski definition) is 4. The van der Waals surface area contributed by atoms with Crippen LogP contribution in [-0.2, 0) is 23.9 Å². The van der Waals surface area contributed by atoms with Crippen molar-refractivity contribution in [2.24, 2.45) is 11.1 Å². The van der Waals surface area contributed by atoms with Crippen molar-refractivity contribution in [3.05, 3.63) is 0 Å². The van der Waals surface area contributed by atoms with E-state index in [-0.39, 0.29) is 12.8 Å². The number of carbonyl (C=O) groups excluding carboxylic acids is 2. The highest BCUT2D eigenvalue weighted by Gasteiger charge is 2.34. The van der Waals surface area contributed by atoms with Gasteiger partial charge in [-0.15, -0.1) is 0 Å². The zero-order valence-corrected chi connectivity index (χ0v) is 12.8. The summed E-state index contributed by atoms with van der Waals surface area (Å²) >= 11 is 0. The van der Waals surface area contributed by atoms with Gasteiger partial charge in [0, 0.05) is 6.42 Å². The molecule has 0 aliphatic rings. The molecule has 0 saturated carbocycles. The second kappa shape index (κ2) is 8.32. The molecule has 5 N–H and O–H groups in total. The molecule has 2 atom stereocenters. The topological polar surface area (TPSA) is 156 Å². The molecule has 0 bridgehead atoms. The van der Waals surface area contributed by atoms with E-state index in [1.54, 1.807) is 20.8 Å². The summed E-state index contributed by atoms with van der Waals surface area (Å²) in [5, 5.41) is 19.5. The number of hydrogen-bond acceptors (Lipinski definition) is 6. The molecule has 1 unspecified atom stereocenters. The molecule has 0 saturated heterocycles. The number of nitrogens with two attached hydrogens (primary N) is 1. The van der Waals surface area contributed by atoms with Gasteiger partial charge in [0.05, 0.1) is 0 Å². The van der Waals surface area contributed by atoms with Crippen LogP contribution in [0.25, 0.3) is 0 Å². The molecule has 126 valence electrons. The van der Waals surface area contributed by atoms with E-state index >= 15 is 0 Å². The van der Waals surface area contributed by atoms with Crippen molar-refractivity contribution in [3.63, 3.8) is 0 Å². The third kappa shape index (κ3) is 7.58. The Morgan fingerprint density at radius 3 is 2.14 bits per heavy atom. The fraction of sp³-hybridized carbons (Fsp3) is 0.692. The van der Waals surface area contributed by atoms with Crippen LogP contribution in [0.4, 0.5) is 0 Å². The van der Waals surface area contributed by atoms with Crippen LogP contribution in [0.15, 0.2) is 0 Å². The summed E-state index contributed by atoms with van der Waals surface area (Å²) in [6, 6.07) is -2.22. The van der Waals surface area contributed by atoms with Crippen LogP contribution in [0, 0.1) is 5.41 Å². The predicted octanol–water partition coefficient (Wildman–Crippen LogP) is -0.663. The highest BCUT2D eigenvalue weighted by atomic mass is 16.6. The molecule has 0 radical (unpaired) electrons. The summed E-state index contributed by atoms with van der Waals surface area (Å²) in [5.74, 6) is -3.96. The van der Waals surface area contributed by atoms with Gasteiger partial charge < -0.3 is 26.0 Å². The average Bonchev–Trinajstić information content (AvgIpc) is 2.37. The Balaban J connectivity index is 4.66. The van der Waals surface area contributed by atoms with Crippen molar-refractivity contribution in [3.8, 4) is 0 Å². The zero-order valence-electron chi connectivity index (χ0n) is 12.8. The molecular formula is C13H22N2O7. The van der Waals surface area contributed by atoms with Crippen molar-refractivity contribution in [1.29, 1.82) is 0 Å². The normalized spacial score (nSPS) is 13.8. The number of ether oxygens (including phenoxy) is 1. The first-order valence-corrected chi connectivity index (χ1v) is 6.61. The van der Waals surface area contributed by atoms with E-state index in [0.29, 0.717) is 0 Å². The number of aliphatic carboxylic acids is 2. The van der Waals surface area contributed by atoms with Crippen LogP contribution in [0.3, 0.4) is 0 Å². The van der Waals surface area contributed by atoms with E-state index < -0.39 is 47.9 Å². The first-order chi connectivity index (χ1) is 9.95. The van der Waals surface area contributed by atoms with E-state index in [2.05, 4.69) is 10.1 Å². The summed E-state index contributed by atoms with van der Waals surface area (Å²) < 4.78 is 4.58. The lowest BCUT2D eigenvalue weighted by Crippen LogP contribution is -2.50. The van der Waals surface area contributed by atoms with E-state index in [1.807, 2.05) is 0 Å². The molecular weight excluding hydrogens is 296 g/mol. The number of carboxylic acid groups (broad SMARTS) is 2. The van der Waals surface area contributed by atoms with Gasteiger partial charge in [-0.05, 0) is 11.8 Å². The smallest absolute Gasteiger partial charge is 0.341 e. The summed E-state index contributed by atoms with van der Waals surface area (Å²) in [4.78, 5) is 44.6. The highest BCUT2D eigenvalue weighted by molar-refractivity contribution is 5.86. The van der Waals surface area contributed by atoms with Gasteiger partial charge in [0.25, 0.3) is 0 Å². The van der Waals surface area contributed by atoms with E-state index in [0.717, 1.165) is 0 Å². The molecule has 0 aromatic rings. The zero-order chi connectivity index (χ0) is 17.5. The number of esters is 1. The number of amides is 1. The minimum absolute atomic E-state index is 0.0811. The number of rotatable bonds is 8. The lowest BCUT2D eigenvalue weighted by molar-refractivity contribution is -0.159. The van der Waals surface area contributed by atoms with Gasteiger partial charge in [-0.1, -0.05) is 20.8 Å². The molecule has 22 heavy (non-hydrogen) atoms. The van der Waals surface area contributed by atoms with Gasteiger partial charge in [0.1, 0.15) is 12.1 Å². The van der Waals surface area contributed by atoms with E-state index in [9.17, 15) is 19.2 Å². The van der Waals surface area contributed by atoms with Crippen molar-refractivity contribution < 1.29 is 34.1 Å². The summed E-state index contributed by atoms with van der Waals surface area (Å²) in [5.41, 5.74) is 4.58. The Hall–Kier alpha value is -2.16. The fourth-order valence-corrected chi connectivity index (χ4v) is 1.49. The Labute approximate surface area is 127 Å². The molecule has 0 spiro atoms. The highest BCUT2D eigenvalue weighted by Crippen LogP contribution is 2.20. The van der Waals surface area contributed by atoms with Gasteiger partial charge in [-0.2, -0.15) is 0 Å². The van der Waals surface area contributed by atoms with Gasteiger partial charge in [-0.3, -0.25) is 9.59 Å². The Morgan fingerprint density at radius 2 is 1.73 bits per heavy atom. The van der Waals surface area contributed by atoms with Crippen LogP contribution in [0.5, 0.6) is 0 Å². The van der Waals surface area contributed by atoms with Crippen molar-refractivity contribution >= 4 is 23.8 Å². The third-order valence-corrected chi connectivity index (χ3v) is 2.74. The molecule has 0 heterocycles. The molecule has 0 aliphatic carbocycles. The van der Waals surface area contributed by atoms with Crippen molar-refractivity contribution in [2.45, 2.75) is 45.7 Å². The van der Waals surface area contributed by atoms with Crippen LogP contribution in [0.1, 0.15) is 33.6 Å². The van der Waals surface area contributed by atoms with Crippen molar-refractivity contribution in [2.75, 3.05) is 6.61 Å². The lowest BCUT2D eigenvalue weighted by Gasteiger charge is -2.29. The Morgan fingerprint density at radius 1 is 1.18 bits per heavy atom. The van der Waals surface area contributed by atoms with E-state index in [1.165, 1.54) is 0 Å². The molecule has 0 aromatic carbocycles. The van der Waals surface area contributed by atoms with Gasteiger partial charge in [0.2, 0.25) is 5.91 Å². The second-order valence-electron chi connectivity index (χ2n) is 5.85. The predicted molar refractivity (Wildman–Crippen MR) is 74.8 cm³/mol. The molecule has 0 aromatic heterocycles. The van der Waals surface area contributed by atoms with Gasteiger partial charge >= 0.3 is 17.9 Å². The molecule has 0 rings (SSSR count). The molecule has 0 aliphatic heterocycles. The summed E-state index contributed by atoms with van der Waals surface area (Å²) in [6.07, 6.45) is -0.255. The van der Waals surface area contributed by atoms with Crippen LogP contribution >= 0.6 is 0 Å². The minimum atomic E-state index is -1.31. The molecule has 0 fully saturated rings. The standard InChI is InChI=1S/C13H22N2O7/c1-13(2,3)10(12(21)22-6-9(17)18)15-8(16)5-4-7(14)11(19)20/h7,10H,4-6,14H2,1-3H3,(H,15,16)(H,17,18)(H,19,20)/t7-,10?/m0/s1. The van der Waals surface area contributed by atoms with Crippen LogP contribution in [-0.4, -0.2) is 52.7 Å². The largest absolute Gasteiger partial charge is 0.480 e. The maximum atomic E-state index is 11.9. The lowest BCUT2D eigenvalue weighted by atomic mass is 9.86. The van der Waals surface area contributed by atoms with Crippen LogP contribution < -0.4 is 11.1 Å². The van der Waals surface area contributed by atoms with Crippen LogP contribution in [0.2, 0.25) is 0 Å². The van der Waals surface area contributed by atoms with Gasteiger partial charge in [0.15, 0.2) is 6.61 Å². The quantitative estimate of drug-likeness (QED) is 0.429. The average molecular weight is 318 g/mol. The number of carbonyl (C=O) groups is 4. The Kier molecular flexibility index (Phi) is 7.51. The number of nitrogens with one attached hydrogen (secondary N) is 1. The maximum absolute atomic E-state index is 11.9. The first kappa shape index (κ1) is 19.8. The Bertz CT molecular complexity index is 442. The van der Waals surface area contributed by atoms with E-state index in [4.69, 9.17) is 15.9 Å². The third-order valence-electron chi connectivity index (χ3n) is 2.74. The van der Waals surface area contributed by atoms with Gasteiger partial charge in [-0.25, -0.2) is 9.59 Å². The maximum Gasteiger partial charge on any atom is 0.341 e. The summed E-state index contributed by atoms with van der Waals surface area (Å²) in [6.45, 7) is 4.21. The monoisotopic (exact) mass is 318 g/mol. The first-order valence-electron chi connectivity index (χ1n) is 6.61. The second-order valence-corrected chi connectivity index (χ2v) is 5.85. The summed E-state index contributed by atoms with van der Waals surface area (Å²) in [7, 11) is 0. The molecule has 9 nitrogen and oxygen atoms in total. The minimum Gasteiger partial charge on any atom is -0.480 e. The number of carboxylic acids is 2. The fourth-order valence-electron chi connectivity index (χ4n) is 1.49.